The molecule has 0 aromatic carbocycles. The molecule has 0 bridgehead atoms. The van der Waals surface area contributed by atoms with Crippen molar-refractivity contribution in [3.05, 3.63) is 21.9 Å². The van der Waals surface area contributed by atoms with Crippen LogP contribution in [-0.4, -0.2) is 18.2 Å². The van der Waals surface area contributed by atoms with Gasteiger partial charge in [0.05, 0.1) is 4.88 Å². The number of rotatable bonds is 6. The predicted octanol–water partition coefficient (Wildman–Crippen LogP) is 2.55. The van der Waals surface area contributed by atoms with Gasteiger partial charge in [0, 0.05) is 24.3 Å². The Labute approximate surface area is 99.9 Å². The van der Waals surface area contributed by atoms with Gasteiger partial charge in [-0.05, 0) is 25.5 Å². The van der Waals surface area contributed by atoms with E-state index in [1.165, 1.54) is 11.3 Å². The summed E-state index contributed by atoms with van der Waals surface area (Å²) in [5.74, 6) is 0.0215. The van der Waals surface area contributed by atoms with Gasteiger partial charge in [-0.1, -0.05) is 6.92 Å². The lowest BCUT2D eigenvalue weighted by molar-refractivity contribution is -0.121. The van der Waals surface area contributed by atoms with Crippen molar-refractivity contribution in [3.63, 3.8) is 0 Å². The van der Waals surface area contributed by atoms with Gasteiger partial charge in [-0.3, -0.25) is 9.59 Å². The molecular weight excluding hydrogens is 222 g/mol. The van der Waals surface area contributed by atoms with Gasteiger partial charge in [-0.2, -0.15) is 0 Å². The molecule has 1 aromatic rings. The SMILES string of the molecule is CCCNC(=O)CCC(=O)c1ccc(C)s1. The van der Waals surface area contributed by atoms with Crippen LogP contribution in [0, 0.1) is 6.92 Å². The molecule has 0 atom stereocenters. The second-order valence-electron chi connectivity index (χ2n) is 3.68. The molecule has 0 saturated carbocycles. The maximum absolute atomic E-state index is 11.7. The number of aryl methyl sites for hydroxylation is 1. The normalized spacial score (nSPS) is 10.1. The number of nitrogens with one attached hydrogen (secondary N) is 1. The van der Waals surface area contributed by atoms with E-state index in [1.807, 2.05) is 26.0 Å². The molecule has 88 valence electrons. The van der Waals surface area contributed by atoms with Gasteiger partial charge in [0.25, 0.3) is 0 Å². The molecule has 4 heteroatoms. The van der Waals surface area contributed by atoms with Gasteiger partial charge in [-0.25, -0.2) is 0 Å². The average Bonchev–Trinajstić information content (AvgIpc) is 2.69. The van der Waals surface area contributed by atoms with Gasteiger partial charge < -0.3 is 5.32 Å². The maximum atomic E-state index is 11.7. The van der Waals surface area contributed by atoms with E-state index in [0.717, 1.165) is 16.2 Å². The van der Waals surface area contributed by atoms with Crippen molar-refractivity contribution in [2.24, 2.45) is 0 Å². The van der Waals surface area contributed by atoms with Crippen LogP contribution in [-0.2, 0) is 4.79 Å². The zero-order valence-corrected chi connectivity index (χ0v) is 10.5. The first-order chi connectivity index (χ1) is 7.63. The summed E-state index contributed by atoms with van der Waals surface area (Å²) >= 11 is 1.48. The van der Waals surface area contributed by atoms with E-state index >= 15 is 0 Å². The molecule has 0 aliphatic heterocycles. The van der Waals surface area contributed by atoms with E-state index in [4.69, 9.17) is 0 Å². The Morgan fingerprint density at radius 1 is 1.31 bits per heavy atom. The van der Waals surface area contributed by atoms with Crippen molar-refractivity contribution < 1.29 is 9.59 Å². The highest BCUT2D eigenvalue weighted by atomic mass is 32.1. The maximum Gasteiger partial charge on any atom is 0.220 e. The number of thiophene rings is 1. The monoisotopic (exact) mass is 239 g/mol. The average molecular weight is 239 g/mol. The van der Waals surface area contributed by atoms with Crippen molar-refractivity contribution in [1.29, 1.82) is 0 Å². The van der Waals surface area contributed by atoms with Crippen molar-refractivity contribution >= 4 is 23.0 Å². The summed E-state index contributed by atoms with van der Waals surface area (Å²) in [6, 6.07) is 3.75. The molecule has 0 aliphatic rings. The summed E-state index contributed by atoms with van der Waals surface area (Å²) in [6.07, 6.45) is 1.51. The molecular formula is C12H17NO2S. The number of hydrogen-bond acceptors (Lipinski definition) is 3. The molecule has 0 spiro atoms. The van der Waals surface area contributed by atoms with Crippen LogP contribution in [0.1, 0.15) is 40.7 Å². The molecule has 0 aliphatic carbocycles. The molecule has 0 radical (unpaired) electrons. The topological polar surface area (TPSA) is 46.2 Å². The van der Waals surface area contributed by atoms with Crippen LogP contribution in [0.25, 0.3) is 0 Å². The second kappa shape index (κ2) is 6.43. The highest BCUT2D eigenvalue weighted by molar-refractivity contribution is 7.14. The van der Waals surface area contributed by atoms with E-state index < -0.39 is 0 Å². The van der Waals surface area contributed by atoms with Gasteiger partial charge in [0.2, 0.25) is 5.91 Å². The molecule has 0 fully saturated rings. The summed E-state index contributed by atoms with van der Waals surface area (Å²) in [4.78, 5) is 24.8. The Morgan fingerprint density at radius 3 is 2.62 bits per heavy atom. The Bertz CT molecular complexity index is 371. The van der Waals surface area contributed by atoms with Crippen molar-refractivity contribution in [3.8, 4) is 0 Å². The number of hydrogen-bond donors (Lipinski definition) is 1. The smallest absolute Gasteiger partial charge is 0.220 e. The van der Waals surface area contributed by atoms with E-state index in [2.05, 4.69) is 5.32 Å². The Hall–Kier alpha value is -1.16. The van der Waals surface area contributed by atoms with Crippen LogP contribution in [0.4, 0.5) is 0 Å². The molecule has 16 heavy (non-hydrogen) atoms. The van der Waals surface area contributed by atoms with Crippen molar-refractivity contribution in [2.45, 2.75) is 33.1 Å². The van der Waals surface area contributed by atoms with Gasteiger partial charge >= 0.3 is 0 Å². The third-order valence-corrected chi connectivity index (χ3v) is 3.21. The van der Waals surface area contributed by atoms with Gasteiger partial charge in [0.15, 0.2) is 5.78 Å². The summed E-state index contributed by atoms with van der Waals surface area (Å²) in [5, 5.41) is 2.76. The van der Waals surface area contributed by atoms with E-state index in [-0.39, 0.29) is 18.1 Å². The third kappa shape index (κ3) is 4.14. The fourth-order valence-electron chi connectivity index (χ4n) is 1.29. The minimum Gasteiger partial charge on any atom is -0.356 e. The first-order valence-corrected chi connectivity index (χ1v) is 6.31. The summed E-state index contributed by atoms with van der Waals surface area (Å²) in [6.45, 7) is 4.65. The number of Topliss-reactive ketones (excluding diaryl/α,β-unsaturated/α-hetero) is 1. The summed E-state index contributed by atoms with van der Waals surface area (Å²) in [5.41, 5.74) is 0. The fourth-order valence-corrected chi connectivity index (χ4v) is 2.12. The quantitative estimate of drug-likeness (QED) is 0.775. The zero-order chi connectivity index (χ0) is 12.0. The molecule has 1 amide bonds. The Balaban J connectivity index is 2.33. The van der Waals surface area contributed by atoms with Crippen molar-refractivity contribution in [1.82, 2.24) is 5.32 Å². The first kappa shape index (κ1) is 12.9. The predicted molar refractivity (Wildman–Crippen MR) is 65.9 cm³/mol. The van der Waals surface area contributed by atoms with Crippen LogP contribution < -0.4 is 5.32 Å². The molecule has 1 aromatic heterocycles. The molecule has 1 rings (SSSR count). The number of carbonyl (C=O) groups excluding carboxylic acids is 2. The van der Waals surface area contributed by atoms with Gasteiger partial charge in [0.1, 0.15) is 0 Å². The zero-order valence-electron chi connectivity index (χ0n) is 9.71. The second-order valence-corrected chi connectivity index (χ2v) is 4.97. The lowest BCUT2D eigenvalue weighted by Crippen LogP contribution is -2.24. The molecule has 1 heterocycles. The standard InChI is InChI=1S/C12H17NO2S/c1-3-8-13-12(15)7-5-10(14)11-6-4-9(2)16-11/h4,6H,3,5,7-8H2,1-2H3,(H,13,15). The van der Waals surface area contributed by atoms with Crippen LogP contribution in [0.3, 0.4) is 0 Å². The molecule has 0 saturated heterocycles. The van der Waals surface area contributed by atoms with Gasteiger partial charge in [-0.15, -0.1) is 11.3 Å². The highest BCUT2D eigenvalue weighted by Crippen LogP contribution is 2.17. The van der Waals surface area contributed by atoms with Crippen LogP contribution in [0.5, 0.6) is 0 Å². The largest absolute Gasteiger partial charge is 0.356 e. The summed E-state index contributed by atoms with van der Waals surface area (Å²) in [7, 11) is 0. The lowest BCUT2D eigenvalue weighted by atomic mass is 10.2. The number of amides is 1. The third-order valence-electron chi connectivity index (χ3n) is 2.17. The number of carbonyl (C=O) groups is 2. The van der Waals surface area contributed by atoms with Crippen molar-refractivity contribution in [2.75, 3.05) is 6.54 Å². The molecule has 1 N–H and O–H groups in total. The first-order valence-electron chi connectivity index (χ1n) is 5.49. The van der Waals surface area contributed by atoms with E-state index in [0.29, 0.717) is 13.0 Å². The fraction of sp³-hybridized carbons (Fsp3) is 0.500. The lowest BCUT2D eigenvalue weighted by Gasteiger charge is -2.01. The molecule has 0 unspecified atom stereocenters. The number of ketones is 1. The Morgan fingerprint density at radius 2 is 2.06 bits per heavy atom. The Kier molecular flexibility index (Phi) is 5.19. The minimum absolute atomic E-state index is 0.0384. The van der Waals surface area contributed by atoms with Crippen LogP contribution in [0.2, 0.25) is 0 Å². The highest BCUT2D eigenvalue weighted by Gasteiger charge is 2.10. The van der Waals surface area contributed by atoms with E-state index in [1.54, 1.807) is 0 Å². The van der Waals surface area contributed by atoms with Crippen LogP contribution >= 0.6 is 11.3 Å². The van der Waals surface area contributed by atoms with E-state index in [9.17, 15) is 9.59 Å². The minimum atomic E-state index is -0.0384. The molecule has 3 nitrogen and oxygen atoms in total. The summed E-state index contributed by atoms with van der Waals surface area (Å²) < 4.78 is 0. The van der Waals surface area contributed by atoms with Crippen LogP contribution in [0.15, 0.2) is 12.1 Å².